The van der Waals surface area contributed by atoms with Crippen LogP contribution < -0.4 is 5.32 Å². The second-order valence-electron chi connectivity index (χ2n) is 6.58. The summed E-state index contributed by atoms with van der Waals surface area (Å²) >= 11 is 3.23. The lowest BCUT2D eigenvalue weighted by Gasteiger charge is -1.99. The van der Waals surface area contributed by atoms with Gasteiger partial charge in [0.15, 0.2) is 5.13 Å². The Morgan fingerprint density at radius 3 is 2.59 bits per heavy atom. The Labute approximate surface area is 176 Å². The zero-order chi connectivity index (χ0) is 19.6. The number of benzene rings is 3. The standard InChI is InChI=1S/C24H16N2OS2/c27-23(13-10-16-6-2-1-3-7-16)26-24-25-20(15-28-24)17-11-12-22-19(14-17)18-8-4-5-9-21(18)29-22/h1-15H,(H,25,26,27)/b13-10+. The highest BCUT2D eigenvalue weighted by atomic mass is 32.1. The lowest BCUT2D eigenvalue weighted by atomic mass is 10.1. The van der Waals surface area contributed by atoms with Crippen LogP contribution >= 0.6 is 22.7 Å². The second kappa shape index (κ2) is 7.62. The summed E-state index contributed by atoms with van der Waals surface area (Å²) in [5.74, 6) is -0.186. The third-order valence-corrected chi connectivity index (χ3v) is 6.54. The molecular weight excluding hydrogens is 396 g/mol. The first-order valence-corrected chi connectivity index (χ1v) is 10.9. The van der Waals surface area contributed by atoms with E-state index in [1.807, 2.05) is 35.7 Å². The fraction of sp³-hybridized carbons (Fsp3) is 0. The molecule has 0 aliphatic heterocycles. The molecule has 5 rings (SSSR count). The van der Waals surface area contributed by atoms with Gasteiger partial charge in [-0.2, -0.15) is 0 Å². The van der Waals surface area contributed by atoms with E-state index in [1.165, 1.54) is 37.6 Å². The second-order valence-corrected chi connectivity index (χ2v) is 8.52. The molecule has 0 saturated carbocycles. The van der Waals surface area contributed by atoms with Gasteiger partial charge in [-0.15, -0.1) is 22.7 Å². The largest absolute Gasteiger partial charge is 0.298 e. The molecule has 0 bridgehead atoms. The summed E-state index contributed by atoms with van der Waals surface area (Å²) in [6.45, 7) is 0. The topological polar surface area (TPSA) is 42.0 Å². The molecule has 2 heterocycles. The van der Waals surface area contributed by atoms with E-state index in [9.17, 15) is 4.79 Å². The minimum atomic E-state index is -0.186. The zero-order valence-electron chi connectivity index (χ0n) is 15.3. The van der Waals surface area contributed by atoms with Crippen LogP contribution in [0.15, 0.2) is 84.3 Å². The normalized spacial score (nSPS) is 11.4. The first-order chi connectivity index (χ1) is 14.3. The first kappa shape index (κ1) is 17.8. The van der Waals surface area contributed by atoms with Crippen molar-refractivity contribution in [1.29, 1.82) is 0 Å². The van der Waals surface area contributed by atoms with Crippen molar-refractivity contribution in [3.63, 3.8) is 0 Å². The SMILES string of the molecule is O=C(/C=C/c1ccccc1)Nc1nc(-c2ccc3sc4ccccc4c3c2)cs1. The molecule has 3 nitrogen and oxygen atoms in total. The lowest BCUT2D eigenvalue weighted by molar-refractivity contribution is -0.111. The van der Waals surface area contributed by atoms with Gasteiger partial charge in [0.2, 0.25) is 5.91 Å². The molecule has 0 spiro atoms. The Kier molecular flexibility index (Phi) is 4.68. The molecule has 0 aliphatic carbocycles. The van der Waals surface area contributed by atoms with Crippen LogP contribution in [0.25, 0.3) is 37.5 Å². The summed E-state index contributed by atoms with van der Waals surface area (Å²) in [6, 6.07) is 24.6. The van der Waals surface area contributed by atoms with Crippen molar-refractivity contribution in [2.75, 3.05) is 5.32 Å². The molecule has 5 aromatic rings. The Morgan fingerprint density at radius 2 is 1.69 bits per heavy atom. The maximum absolute atomic E-state index is 12.2. The van der Waals surface area contributed by atoms with Crippen LogP contribution in [-0.2, 0) is 4.79 Å². The quantitative estimate of drug-likeness (QED) is 0.329. The number of aromatic nitrogens is 1. The van der Waals surface area contributed by atoms with E-state index in [1.54, 1.807) is 17.4 Å². The van der Waals surface area contributed by atoms with Gasteiger partial charge in [0.05, 0.1) is 5.69 Å². The van der Waals surface area contributed by atoms with Crippen molar-refractivity contribution in [3.8, 4) is 11.3 Å². The molecule has 0 atom stereocenters. The number of nitrogens with zero attached hydrogens (tertiary/aromatic N) is 1. The van der Waals surface area contributed by atoms with E-state index in [2.05, 4.69) is 52.8 Å². The maximum Gasteiger partial charge on any atom is 0.250 e. The highest BCUT2D eigenvalue weighted by Gasteiger charge is 2.10. The van der Waals surface area contributed by atoms with Crippen LogP contribution in [0.3, 0.4) is 0 Å². The van der Waals surface area contributed by atoms with Gasteiger partial charge in [-0.3, -0.25) is 10.1 Å². The van der Waals surface area contributed by atoms with Gasteiger partial charge >= 0.3 is 0 Å². The van der Waals surface area contributed by atoms with Gasteiger partial charge in [0, 0.05) is 37.2 Å². The predicted octanol–water partition coefficient (Wildman–Crippen LogP) is 6.83. The Morgan fingerprint density at radius 1 is 0.897 bits per heavy atom. The number of nitrogens with one attached hydrogen (secondary N) is 1. The summed E-state index contributed by atoms with van der Waals surface area (Å²) in [6.07, 6.45) is 3.32. The van der Waals surface area contributed by atoms with Crippen LogP contribution in [0.5, 0.6) is 0 Å². The van der Waals surface area contributed by atoms with E-state index < -0.39 is 0 Å². The summed E-state index contributed by atoms with van der Waals surface area (Å²) in [5.41, 5.74) is 2.91. The van der Waals surface area contributed by atoms with Crippen molar-refractivity contribution in [2.45, 2.75) is 0 Å². The summed E-state index contributed by atoms with van der Waals surface area (Å²) < 4.78 is 2.56. The average Bonchev–Trinajstić information content (AvgIpc) is 3.37. The third-order valence-electron chi connectivity index (χ3n) is 4.63. The molecule has 0 fully saturated rings. The van der Waals surface area contributed by atoms with Gasteiger partial charge in [-0.25, -0.2) is 4.98 Å². The van der Waals surface area contributed by atoms with Crippen LogP contribution in [0.1, 0.15) is 5.56 Å². The lowest BCUT2D eigenvalue weighted by Crippen LogP contribution is -2.07. The number of fused-ring (bicyclic) bond motifs is 3. The molecule has 0 radical (unpaired) electrons. The van der Waals surface area contributed by atoms with Crippen molar-refractivity contribution in [1.82, 2.24) is 4.98 Å². The van der Waals surface area contributed by atoms with Crippen molar-refractivity contribution in [3.05, 3.63) is 89.8 Å². The number of carbonyl (C=O) groups is 1. The molecule has 29 heavy (non-hydrogen) atoms. The highest BCUT2D eigenvalue weighted by Crippen LogP contribution is 2.36. The predicted molar refractivity (Wildman–Crippen MR) is 125 cm³/mol. The summed E-state index contributed by atoms with van der Waals surface area (Å²) in [7, 11) is 0. The zero-order valence-corrected chi connectivity index (χ0v) is 17.0. The van der Waals surface area contributed by atoms with E-state index in [4.69, 9.17) is 0 Å². The Hall–Kier alpha value is -3.28. The minimum Gasteiger partial charge on any atom is -0.298 e. The van der Waals surface area contributed by atoms with Crippen molar-refractivity contribution >= 4 is 60.0 Å². The summed E-state index contributed by atoms with van der Waals surface area (Å²) in [4.78, 5) is 16.8. The number of carbonyl (C=O) groups excluding carboxylic acids is 1. The Balaban J connectivity index is 1.37. The number of hydrogen-bond acceptors (Lipinski definition) is 4. The number of rotatable bonds is 4. The van der Waals surface area contributed by atoms with Crippen LogP contribution in [-0.4, -0.2) is 10.9 Å². The molecule has 0 aliphatic rings. The molecular formula is C24H16N2OS2. The fourth-order valence-corrected chi connectivity index (χ4v) is 5.04. The highest BCUT2D eigenvalue weighted by molar-refractivity contribution is 7.25. The minimum absolute atomic E-state index is 0.186. The number of hydrogen-bond donors (Lipinski definition) is 1. The van der Waals surface area contributed by atoms with Crippen molar-refractivity contribution < 1.29 is 4.79 Å². The van der Waals surface area contributed by atoms with Crippen LogP contribution in [0, 0.1) is 0 Å². The van der Waals surface area contributed by atoms with Gasteiger partial charge < -0.3 is 0 Å². The van der Waals surface area contributed by atoms with Gasteiger partial charge in [-0.1, -0.05) is 54.6 Å². The molecule has 5 heteroatoms. The van der Waals surface area contributed by atoms with Crippen molar-refractivity contribution in [2.24, 2.45) is 0 Å². The Bertz CT molecular complexity index is 1350. The molecule has 140 valence electrons. The van der Waals surface area contributed by atoms with Gasteiger partial charge in [0.25, 0.3) is 0 Å². The van der Waals surface area contributed by atoms with Gasteiger partial charge in [-0.05, 0) is 29.8 Å². The number of amides is 1. The smallest absolute Gasteiger partial charge is 0.250 e. The van der Waals surface area contributed by atoms with Gasteiger partial charge in [0.1, 0.15) is 0 Å². The third kappa shape index (κ3) is 3.70. The van der Waals surface area contributed by atoms with E-state index in [0.29, 0.717) is 5.13 Å². The van der Waals surface area contributed by atoms with Crippen LogP contribution in [0.2, 0.25) is 0 Å². The first-order valence-electron chi connectivity index (χ1n) is 9.17. The van der Waals surface area contributed by atoms with E-state index in [0.717, 1.165) is 16.8 Å². The molecule has 2 aromatic heterocycles. The maximum atomic E-state index is 12.2. The van der Waals surface area contributed by atoms with E-state index >= 15 is 0 Å². The fourth-order valence-electron chi connectivity index (χ4n) is 3.23. The number of anilines is 1. The van der Waals surface area contributed by atoms with Crippen LogP contribution in [0.4, 0.5) is 5.13 Å². The summed E-state index contributed by atoms with van der Waals surface area (Å²) in [5, 5.41) is 7.93. The molecule has 1 N–H and O–H groups in total. The number of thiophene rings is 1. The molecule has 3 aromatic carbocycles. The molecule has 1 amide bonds. The number of thiazole rings is 1. The monoisotopic (exact) mass is 412 g/mol. The molecule has 0 saturated heterocycles. The van der Waals surface area contributed by atoms with E-state index in [-0.39, 0.29) is 5.91 Å². The molecule has 0 unspecified atom stereocenters. The average molecular weight is 413 g/mol.